The molecule has 1 fully saturated rings. The van der Waals surface area contributed by atoms with E-state index in [0.29, 0.717) is 0 Å². The highest BCUT2D eigenvalue weighted by Crippen LogP contribution is 2.35. The predicted octanol–water partition coefficient (Wildman–Crippen LogP) is 4.87. The van der Waals surface area contributed by atoms with Crippen LogP contribution < -0.4 is 5.73 Å². The standard InChI is InChI=1S/C16H21NS/c17-14(10-12-6-2-1-3-7-12)16-11-13-8-4-5-9-15(13)18-16/h4-5,8-9,11-12,14H,1-3,6-7,10,17H2. The van der Waals surface area contributed by atoms with Crippen LogP contribution in [0.1, 0.15) is 49.4 Å². The Morgan fingerprint density at radius 2 is 1.94 bits per heavy atom. The molecule has 1 aliphatic carbocycles. The van der Waals surface area contributed by atoms with E-state index in [-0.39, 0.29) is 6.04 Å². The topological polar surface area (TPSA) is 26.0 Å². The zero-order valence-corrected chi connectivity index (χ0v) is 11.6. The molecule has 1 nitrogen and oxygen atoms in total. The van der Waals surface area contributed by atoms with Gasteiger partial charge < -0.3 is 5.73 Å². The molecule has 1 heterocycles. The quantitative estimate of drug-likeness (QED) is 0.836. The molecule has 3 rings (SSSR count). The highest BCUT2D eigenvalue weighted by Gasteiger charge is 2.18. The first kappa shape index (κ1) is 12.2. The number of fused-ring (bicyclic) bond motifs is 1. The monoisotopic (exact) mass is 259 g/mol. The molecule has 1 aromatic heterocycles. The summed E-state index contributed by atoms with van der Waals surface area (Å²) in [5, 5.41) is 1.34. The largest absolute Gasteiger partial charge is 0.323 e. The number of benzene rings is 1. The van der Waals surface area contributed by atoms with Crippen LogP contribution >= 0.6 is 11.3 Å². The first-order valence-corrected chi connectivity index (χ1v) is 7.88. The summed E-state index contributed by atoms with van der Waals surface area (Å²) in [7, 11) is 0. The van der Waals surface area contributed by atoms with Crippen LogP contribution in [0.25, 0.3) is 10.1 Å². The zero-order valence-electron chi connectivity index (χ0n) is 10.8. The lowest BCUT2D eigenvalue weighted by Gasteiger charge is -2.24. The van der Waals surface area contributed by atoms with E-state index >= 15 is 0 Å². The molecule has 0 radical (unpaired) electrons. The van der Waals surface area contributed by atoms with Gasteiger partial charge in [0.15, 0.2) is 0 Å². The van der Waals surface area contributed by atoms with Crippen molar-refractivity contribution >= 4 is 21.4 Å². The van der Waals surface area contributed by atoms with Crippen LogP contribution in [0.2, 0.25) is 0 Å². The highest BCUT2D eigenvalue weighted by atomic mass is 32.1. The third kappa shape index (κ3) is 2.60. The maximum atomic E-state index is 6.40. The second kappa shape index (κ2) is 5.41. The average molecular weight is 259 g/mol. The number of thiophene rings is 1. The van der Waals surface area contributed by atoms with Crippen molar-refractivity contribution in [2.45, 2.75) is 44.6 Å². The van der Waals surface area contributed by atoms with Gasteiger partial charge in [0.1, 0.15) is 0 Å². The predicted molar refractivity (Wildman–Crippen MR) is 79.9 cm³/mol. The summed E-state index contributed by atoms with van der Waals surface area (Å²) in [5.41, 5.74) is 6.40. The summed E-state index contributed by atoms with van der Waals surface area (Å²) < 4.78 is 1.37. The zero-order chi connectivity index (χ0) is 12.4. The molecule has 2 N–H and O–H groups in total. The van der Waals surface area contributed by atoms with E-state index in [9.17, 15) is 0 Å². The van der Waals surface area contributed by atoms with Crippen molar-refractivity contribution < 1.29 is 0 Å². The van der Waals surface area contributed by atoms with Crippen molar-refractivity contribution in [1.29, 1.82) is 0 Å². The lowest BCUT2D eigenvalue weighted by Crippen LogP contribution is -2.16. The van der Waals surface area contributed by atoms with Gasteiger partial charge in [-0.1, -0.05) is 50.3 Å². The molecule has 0 aliphatic heterocycles. The SMILES string of the molecule is NC(CC1CCCCC1)c1cc2ccccc2s1. The van der Waals surface area contributed by atoms with Crippen LogP contribution in [0.4, 0.5) is 0 Å². The molecule has 2 heteroatoms. The number of nitrogens with two attached hydrogens (primary N) is 1. The van der Waals surface area contributed by atoms with Gasteiger partial charge in [-0.25, -0.2) is 0 Å². The Morgan fingerprint density at radius 3 is 2.72 bits per heavy atom. The summed E-state index contributed by atoms with van der Waals surface area (Å²) in [4.78, 5) is 1.36. The van der Waals surface area contributed by atoms with Crippen LogP contribution in [0, 0.1) is 5.92 Å². The third-order valence-corrected chi connectivity index (χ3v) is 5.37. The van der Waals surface area contributed by atoms with Gasteiger partial charge in [-0.05, 0) is 29.9 Å². The van der Waals surface area contributed by atoms with Crippen LogP contribution in [0.5, 0.6) is 0 Å². The molecule has 0 spiro atoms. The minimum Gasteiger partial charge on any atom is -0.323 e. The molecular weight excluding hydrogens is 238 g/mol. The molecule has 1 aromatic carbocycles. The number of rotatable bonds is 3. The minimum atomic E-state index is 0.241. The van der Waals surface area contributed by atoms with E-state index in [2.05, 4.69) is 30.3 Å². The van der Waals surface area contributed by atoms with Gasteiger partial charge in [-0.2, -0.15) is 0 Å². The van der Waals surface area contributed by atoms with Crippen LogP contribution in [-0.4, -0.2) is 0 Å². The lowest BCUT2D eigenvalue weighted by atomic mass is 9.85. The fourth-order valence-electron chi connectivity index (χ4n) is 3.08. The van der Waals surface area contributed by atoms with Crippen molar-refractivity contribution in [3.63, 3.8) is 0 Å². The molecule has 96 valence electrons. The Kier molecular flexibility index (Phi) is 3.67. The van der Waals surface area contributed by atoms with Crippen LogP contribution in [0.15, 0.2) is 30.3 Å². The first-order chi connectivity index (χ1) is 8.83. The maximum Gasteiger partial charge on any atom is 0.0392 e. The van der Waals surface area contributed by atoms with Gasteiger partial charge in [-0.15, -0.1) is 11.3 Å². The third-order valence-electron chi connectivity index (χ3n) is 4.12. The molecule has 1 aliphatic rings. The first-order valence-electron chi connectivity index (χ1n) is 7.07. The Hall–Kier alpha value is -0.860. The van der Waals surface area contributed by atoms with Crippen molar-refractivity contribution in [2.24, 2.45) is 11.7 Å². The van der Waals surface area contributed by atoms with Crippen molar-refractivity contribution in [3.8, 4) is 0 Å². The summed E-state index contributed by atoms with van der Waals surface area (Å²) in [6.45, 7) is 0. The minimum absolute atomic E-state index is 0.241. The van der Waals surface area contributed by atoms with Gasteiger partial charge in [0.2, 0.25) is 0 Å². The van der Waals surface area contributed by atoms with E-state index in [4.69, 9.17) is 5.73 Å². The van der Waals surface area contributed by atoms with E-state index in [0.717, 1.165) is 5.92 Å². The second-order valence-corrected chi connectivity index (χ2v) is 6.65. The fourth-order valence-corrected chi connectivity index (χ4v) is 4.16. The number of hydrogen-bond donors (Lipinski definition) is 1. The normalized spacial score (nSPS) is 19.2. The van der Waals surface area contributed by atoms with Gasteiger partial charge >= 0.3 is 0 Å². The van der Waals surface area contributed by atoms with Crippen molar-refractivity contribution in [1.82, 2.24) is 0 Å². The molecule has 18 heavy (non-hydrogen) atoms. The van der Waals surface area contributed by atoms with Gasteiger partial charge in [0, 0.05) is 15.6 Å². The molecule has 1 saturated carbocycles. The van der Waals surface area contributed by atoms with Crippen LogP contribution in [-0.2, 0) is 0 Å². The van der Waals surface area contributed by atoms with Gasteiger partial charge in [0.25, 0.3) is 0 Å². The maximum absolute atomic E-state index is 6.40. The van der Waals surface area contributed by atoms with Crippen molar-refractivity contribution in [3.05, 3.63) is 35.2 Å². The molecule has 0 amide bonds. The molecule has 1 unspecified atom stereocenters. The summed E-state index contributed by atoms with van der Waals surface area (Å²) in [6.07, 6.45) is 8.19. The molecule has 0 saturated heterocycles. The molecule has 2 aromatic rings. The highest BCUT2D eigenvalue weighted by molar-refractivity contribution is 7.19. The van der Waals surface area contributed by atoms with Gasteiger partial charge in [-0.3, -0.25) is 0 Å². The lowest BCUT2D eigenvalue weighted by molar-refractivity contribution is 0.320. The molecular formula is C16H21NS. The van der Waals surface area contributed by atoms with Gasteiger partial charge in [0.05, 0.1) is 0 Å². The average Bonchev–Trinajstić information content (AvgIpc) is 2.84. The molecule has 0 bridgehead atoms. The Balaban J connectivity index is 1.72. The molecule has 1 atom stereocenters. The van der Waals surface area contributed by atoms with Crippen LogP contribution in [0.3, 0.4) is 0 Å². The van der Waals surface area contributed by atoms with Crippen molar-refractivity contribution in [2.75, 3.05) is 0 Å². The van der Waals surface area contributed by atoms with E-state index in [1.165, 1.54) is 53.5 Å². The van der Waals surface area contributed by atoms with E-state index in [1.54, 1.807) is 0 Å². The summed E-state index contributed by atoms with van der Waals surface area (Å²) >= 11 is 1.87. The Bertz CT molecular complexity index is 478. The number of hydrogen-bond acceptors (Lipinski definition) is 2. The summed E-state index contributed by atoms with van der Waals surface area (Å²) in [6, 6.07) is 11.1. The second-order valence-electron chi connectivity index (χ2n) is 5.53. The fraction of sp³-hybridized carbons (Fsp3) is 0.500. The smallest absolute Gasteiger partial charge is 0.0392 e. The summed E-state index contributed by atoms with van der Waals surface area (Å²) in [5.74, 6) is 0.860. The Labute approximate surface area is 113 Å². The van der Waals surface area contributed by atoms with E-state index < -0.39 is 0 Å². The van der Waals surface area contributed by atoms with E-state index in [1.807, 2.05) is 11.3 Å². The Morgan fingerprint density at radius 1 is 1.17 bits per heavy atom.